The van der Waals surface area contributed by atoms with Gasteiger partial charge in [-0.05, 0) is 91.5 Å². The zero-order valence-corrected chi connectivity index (χ0v) is 30.6. The monoisotopic (exact) mass is 661 g/mol. The van der Waals surface area contributed by atoms with E-state index in [9.17, 15) is 0 Å². The van der Waals surface area contributed by atoms with Crippen LogP contribution in [0.25, 0.3) is 50.3 Å². The van der Waals surface area contributed by atoms with E-state index in [2.05, 4.69) is 115 Å². The van der Waals surface area contributed by atoms with Crippen LogP contribution in [0.5, 0.6) is 0 Å². The van der Waals surface area contributed by atoms with Crippen molar-refractivity contribution in [1.29, 1.82) is 0 Å². The van der Waals surface area contributed by atoms with Crippen LogP contribution in [0, 0.1) is 0 Å². The molecule has 4 nitrogen and oxygen atoms in total. The van der Waals surface area contributed by atoms with Gasteiger partial charge in [0, 0.05) is 51.3 Å². The highest BCUT2D eigenvalue weighted by Crippen LogP contribution is 2.46. The number of benzene rings is 2. The van der Waals surface area contributed by atoms with Crippen molar-refractivity contribution in [2.75, 3.05) is 0 Å². The maximum atomic E-state index is 6.73. The maximum Gasteiger partial charge on any atom is 0.227 e. The highest BCUT2D eigenvalue weighted by atomic mass is 28.3. The van der Waals surface area contributed by atoms with Crippen molar-refractivity contribution in [3.8, 4) is 22.5 Å². The Kier molecular flexibility index (Phi) is 7.11. The van der Waals surface area contributed by atoms with Gasteiger partial charge in [0.1, 0.15) is 0 Å². The molecule has 4 aromatic heterocycles. The first kappa shape index (κ1) is 30.7. The fraction of sp³-hybridized carbons (Fsp3) is 0.341. The molecule has 2 atom stereocenters. The number of hydrogen-bond donors (Lipinski definition) is 0. The van der Waals surface area contributed by atoms with Gasteiger partial charge in [0.15, 0.2) is 29.7 Å². The molecule has 2 unspecified atom stereocenters. The van der Waals surface area contributed by atoms with E-state index in [4.69, 9.17) is 11.0 Å². The number of aromatic nitrogens is 3. The van der Waals surface area contributed by atoms with Crippen LogP contribution >= 0.6 is 0 Å². The van der Waals surface area contributed by atoms with Crippen LogP contribution in [-0.4, -0.2) is 13.1 Å². The van der Waals surface area contributed by atoms with Crippen molar-refractivity contribution in [3.05, 3.63) is 114 Å². The lowest BCUT2D eigenvalue weighted by atomic mass is 9.76. The maximum absolute atomic E-state index is 6.73. The second-order valence-corrected chi connectivity index (χ2v) is 21.1. The predicted molar refractivity (Wildman–Crippen MR) is 203 cm³/mol. The van der Waals surface area contributed by atoms with Gasteiger partial charge in [-0.1, -0.05) is 63.8 Å². The van der Waals surface area contributed by atoms with Gasteiger partial charge in [0.05, 0.1) is 20.1 Å². The number of rotatable bonds is 2. The van der Waals surface area contributed by atoms with Crippen LogP contribution in [0.3, 0.4) is 0 Å². The number of pyridine rings is 3. The lowest BCUT2D eigenvalue weighted by Gasteiger charge is -2.33. The van der Waals surface area contributed by atoms with Gasteiger partial charge < -0.3 is 4.42 Å². The quantitative estimate of drug-likeness (QED) is 0.137. The van der Waals surface area contributed by atoms with Crippen molar-refractivity contribution in [3.63, 3.8) is 0 Å². The van der Waals surface area contributed by atoms with E-state index in [0.29, 0.717) is 17.5 Å². The Hall–Kier alpha value is -4.35. The average molecular weight is 662 g/mol. The molecule has 3 aliphatic rings. The lowest BCUT2D eigenvalue weighted by molar-refractivity contribution is -0.719. The van der Waals surface area contributed by atoms with E-state index in [0.717, 1.165) is 54.2 Å². The summed E-state index contributed by atoms with van der Waals surface area (Å²) in [7, 11) is -1.63. The van der Waals surface area contributed by atoms with Gasteiger partial charge in [-0.15, -0.1) is 0 Å². The molecule has 9 rings (SSSR count). The smallest absolute Gasteiger partial charge is 0.227 e. The topological polar surface area (TPSA) is 33.8 Å². The third-order valence-electron chi connectivity index (χ3n) is 11.8. The molecule has 0 saturated carbocycles. The van der Waals surface area contributed by atoms with Gasteiger partial charge in [-0.2, -0.15) is 9.13 Å². The minimum absolute atomic E-state index is 0.269. The number of aryl methyl sites for hydroxylation is 2. The van der Waals surface area contributed by atoms with Crippen molar-refractivity contribution in [2.45, 2.75) is 96.3 Å². The Bertz CT molecular complexity index is 2320. The molecule has 0 bridgehead atoms. The number of allylic oxidation sites excluding steroid dienone is 1. The molecule has 0 saturated heterocycles. The Morgan fingerprint density at radius 1 is 0.918 bits per heavy atom. The molecule has 49 heavy (non-hydrogen) atoms. The zero-order chi connectivity index (χ0) is 33.6. The number of furan rings is 1. The highest BCUT2D eigenvalue weighted by molar-refractivity contribution is 6.89. The largest absolute Gasteiger partial charge is 0.437 e. The van der Waals surface area contributed by atoms with Crippen LogP contribution < -0.4 is 14.3 Å². The van der Waals surface area contributed by atoms with E-state index in [-0.39, 0.29) is 6.04 Å². The van der Waals surface area contributed by atoms with Crippen LogP contribution in [0.15, 0.2) is 90.3 Å². The summed E-state index contributed by atoms with van der Waals surface area (Å²) in [5.41, 5.74) is 15.4. The Morgan fingerprint density at radius 3 is 2.59 bits per heavy atom. The molecule has 0 radical (unpaired) electrons. The summed E-state index contributed by atoms with van der Waals surface area (Å²) in [5, 5.41) is 3.82. The molecule has 2 aliphatic heterocycles. The molecule has 0 fully saturated rings. The molecule has 0 N–H and O–H groups in total. The fourth-order valence-electron chi connectivity index (χ4n) is 9.36. The Labute approximate surface area is 291 Å². The second kappa shape index (κ2) is 11.3. The number of nitrogens with zero attached hydrogens (tertiary/aromatic N) is 3. The van der Waals surface area contributed by atoms with E-state index in [1.807, 2.05) is 12.3 Å². The van der Waals surface area contributed by atoms with Crippen LogP contribution in [0.4, 0.5) is 0 Å². The molecule has 0 spiro atoms. The van der Waals surface area contributed by atoms with Gasteiger partial charge in [-0.3, -0.25) is 0 Å². The number of hydrogen-bond acceptors (Lipinski definition) is 2. The summed E-state index contributed by atoms with van der Waals surface area (Å²) in [4.78, 5) is 4.65. The summed E-state index contributed by atoms with van der Waals surface area (Å²) in [5.74, 6) is 0.831. The van der Waals surface area contributed by atoms with Crippen LogP contribution in [0.1, 0.15) is 85.2 Å². The van der Waals surface area contributed by atoms with E-state index in [1.54, 1.807) is 5.19 Å². The van der Waals surface area contributed by atoms with Crippen molar-refractivity contribution < 1.29 is 13.6 Å². The normalized spacial score (nSPS) is 18.8. The minimum atomic E-state index is -1.63. The standard InChI is InChI=1S/C44H47N3OSi/c1-27(2)37-25-39-33-15-10-9-14-32(33)34-19-17-30-18-20-35-36-16-11-22-45-44(36)48-43(35)41(30)42-31-13-8-7-12-29(31)21-23-46(42)28(3)24-38(34)47(39)26-40(37)49(4,5)6/h9-11,14-16,18,20-23,25-27,34,38H,3,7-8,12-13,17,19,24H2,1-2,4-6H3/q+2. The van der Waals surface area contributed by atoms with Gasteiger partial charge in [0.2, 0.25) is 17.1 Å². The minimum Gasteiger partial charge on any atom is -0.437 e. The summed E-state index contributed by atoms with van der Waals surface area (Å²) in [6.07, 6.45) is 14.3. The predicted octanol–water partition coefficient (Wildman–Crippen LogP) is 9.58. The third kappa shape index (κ3) is 4.80. The van der Waals surface area contributed by atoms with E-state index in [1.165, 1.54) is 63.2 Å². The van der Waals surface area contributed by atoms with Crippen LogP contribution in [-0.2, 0) is 19.3 Å². The molecule has 1 aliphatic carbocycles. The summed E-state index contributed by atoms with van der Waals surface area (Å²) < 4.78 is 11.9. The average Bonchev–Trinajstić information content (AvgIpc) is 3.48. The first-order valence-electron chi connectivity index (χ1n) is 18.4. The molecular formula is C44H47N3OSi+2. The third-order valence-corrected chi connectivity index (χ3v) is 13.8. The molecule has 246 valence electrons. The van der Waals surface area contributed by atoms with E-state index < -0.39 is 8.07 Å². The van der Waals surface area contributed by atoms with Crippen molar-refractivity contribution >= 4 is 41.0 Å². The molecule has 6 aromatic rings. The van der Waals surface area contributed by atoms with Crippen molar-refractivity contribution in [1.82, 2.24) is 4.98 Å². The van der Waals surface area contributed by atoms with Gasteiger partial charge >= 0.3 is 0 Å². The van der Waals surface area contributed by atoms with Gasteiger partial charge in [-0.25, -0.2) is 4.98 Å². The number of fused-ring (bicyclic) bond motifs is 15. The lowest BCUT2D eigenvalue weighted by Crippen LogP contribution is -2.54. The molecule has 5 heteroatoms. The zero-order valence-electron chi connectivity index (χ0n) is 29.6. The summed E-state index contributed by atoms with van der Waals surface area (Å²) in [6, 6.07) is 23.3. The first-order chi connectivity index (χ1) is 23.7. The Balaban J connectivity index is 1.31. The first-order valence-corrected chi connectivity index (χ1v) is 21.9. The second-order valence-electron chi connectivity index (χ2n) is 16.1. The van der Waals surface area contributed by atoms with Crippen LogP contribution in [0.2, 0.25) is 19.6 Å². The molecule has 6 heterocycles. The van der Waals surface area contributed by atoms with Crippen molar-refractivity contribution in [2.24, 2.45) is 0 Å². The van der Waals surface area contributed by atoms with Gasteiger partial charge in [0.25, 0.3) is 0 Å². The summed E-state index contributed by atoms with van der Waals surface area (Å²) in [6.45, 7) is 17.2. The molecular weight excluding hydrogens is 615 g/mol. The Morgan fingerprint density at radius 2 is 1.76 bits per heavy atom. The highest BCUT2D eigenvalue weighted by Gasteiger charge is 2.44. The molecule has 2 aromatic carbocycles. The fourth-order valence-corrected chi connectivity index (χ4v) is 11.1. The summed E-state index contributed by atoms with van der Waals surface area (Å²) >= 11 is 0. The van der Waals surface area contributed by atoms with E-state index >= 15 is 0 Å². The molecule has 0 amide bonds. The SMILES string of the molecule is C=C1CC2C(CCc3ccc4c(oc5ncccc54)c3-c3c4c(cc[n+]31)CCCC4)c1ccccc1-c1cc(C(C)C)c([Si](C)(C)C)c[n+]12.